The zero-order valence-electron chi connectivity index (χ0n) is 17.4. The number of carboxylic acid groups (broad SMARTS) is 1. The lowest BCUT2D eigenvalue weighted by Gasteiger charge is -2.37. The number of hydrogen-bond donors (Lipinski definition) is 5. The van der Waals surface area contributed by atoms with Crippen LogP contribution >= 0.6 is 0 Å². The van der Waals surface area contributed by atoms with Crippen LogP contribution in [-0.4, -0.2) is 40.5 Å². The van der Waals surface area contributed by atoms with Crippen LogP contribution in [0.1, 0.15) is 48.5 Å². The van der Waals surface area contributed by atoms with Gasteiger partial charge in [-0.25, -0.2) is 4.79 Å². The molecule has 0 bridgehead atoms. The van der Waals surface area contributed by atoms with Crippen molar-refractivity contribution >= 4 is 17.8 Å². The van der Waals surface area contributed by atoms with Crippen molar-refractivity contribution in [1.82, 2.24) is 10.6 Å². The summed E-state index contributed by atoms with van der Waals surface area (Å²) in [5, 5.41) is 14.7. The number of hydrogen-bond acceptors (Lipinski definition) is 5. The number of nitrogens with two attached hydrogens (primary N) is 2. The summed E-state index contributed by atoms with van der Waals surface area (Å²) in [6.07, 6.45) is 0. The van der Waals surface area contributed by atoms with Gasteiger partial charge in [-0.1, -0.05) is 32.6 Å². The molecule has 7 N–H and O–H groups in total. The maximum atomic E-state index is 12.6. The van der Waals surface area contributed by atoms with Crippen LogP contribution in [0.4, 0.5) is 0 Å². The number of carboxylic acids is 1. The molecule has 0 spiro atoms. The van der Waals surface area contributed by atoms with Gasteiger partial charge < -0.3 is 27.2 Å². The third-order valence-corrected chi connectivity index (χ3v) is 5.22. The zero-order valence-corrected chi connectivity index (χ0v) is 17.4. The number of rotatable bonds is 9. The highest BCUT2D eigenvalue weighted by atomic mass is 16.4. The quantitative estimate of drug-likeness (QED) is 0.374. The lowest BCUT2D eigenvalue weighted by atomic mass is 9.78. The number of aliphatic carboxylic acids is 1. The molecule has 154 valence electrons. The van der Waals surface area contributed by atoms with E-state index in [4.69, 9.17) is 11.5 Å². The van der Waals surface area contributed by atoms with Crippen molar-refractivity contribution in [1.29, 1.82) is 0 Å². The van der Waals surface area contributed by atoms with Crippen molar-refractivity contribution in [3.63, 3.8) is 0 Å². The molecule has 0 aliphatic heterocycles. The van der Waals surface area contributed by atoms with Crippen molar-refractivity contribution in [3.05, 3.63) is 24.4 Å². The summed E-state index contributed by atoms with van der Waals surface area (Å²) in [4.78, 5) is 36.8. The molecule has 2 amide bonds. The van der Waals surface area contributed by atoms with E-state index >= 15 is 0 Å². The molecule has 0 aromatic rings. The molecule has 0 saturated carbocycles. The Morgan fingerprint density at radius 3 is 1.81 bits per heavy atom. The Balaban J connectivity index is 5.46. The van der Waals surface area contributed by atoms with Crippen LogP contribution in [0.25, 0.3) is 0 Å². The van der Waals surface area contributed by atoms with E-state index < -0.39 is 46.2 Å². The van der Waals surface area contributed by atoms with Crippen LogP contribution in [0.15, 0.2) is 24.4 Å². The largest absolute Gasteiger partial charge is 0.480 e. The van der Waals surface area contributed by atoms with Crippen molar-refractivity contribution < 1.29 is 19.5 Å². The van der Waals surface area contributed by atoms with Crippen LogP contribution in [-0.2, 0) is 14.4 Å². The van der Waals surface area contributed by atoms with Crippen LogP contribution in [0.2, 0.25) is 0 Å². The van der Waals surface area contributed by atoms with Gasteiger partial charge in [-0.05, 0) is 34.6 Å². The summed E-state index contributed by atoms with van der Waals surface area (Å²) in [6, 6.07) is -2.42. The molecular weight excluding hydrogens is 348 g/mol. The monoisotopic (exact) mass is 382 g/mol. The van der Waals surface area contributed by atoms with Gasteiger partial charge in [0.2, 0.25) is 11.8 Å². The van der Waals surface area contributed by atoms with Gasteiger partial charge in [0.05, 0.1) is 11.0 Å². The van der Waals surface area contributed by atoms with Gasteiger partial charge in [0.1, 0.15) is 12.1 Å². The molecule has 0 aliphatic rings. The lowest BCUT2D eigenvalue weighted by Crippen LogP contribution is -2.65. The Kier molecular flexibility index (Phi) is 7.42. The average Bonchev–Trinajstić information content (AvgIpc) is 2.49. The van der Waals surface area contributed by atoms with Gasteiger partial charge in [-0.15, -0.1) is 0 Å². The number of nitrogens with one attached hydrogen (secondary N) is 2. The van der Waals surface area contributed by atoms with Gasteiger partial charge in [0.15, 0.2) is 0 Å². The van der Waals surface area contributed by atoms with E-state index in [1.54, 1.807) is 48.5 Å². The molecule has 0 aromatic carbocycles. The second-order valence-corrected chi connectivity index (χ2v) is 8.59. The maximum absolute atomic E-state index is 12.6. The van der Waals surface area contributed by atoms with E-state index in [9.17, 15) is 19.5 Å². The molecule has 0 fully saturated rings. The van der Waals surface area contributed by atoms with Crippen molar-refractivity contribution in [2.45, 2.75) is 66.1 Å². The van der Waals surface area contributed by atoms with E-state index in [0.29, 0.717) is 5.57 Å². The van der Waals surface area contributed by atoms with Crippen LogP contribution < -0.4 is 22.1 Å². The summed E-state index contributed by atoms with van der Waals surface area (Å²) in [7, 11) is 0. The standard InChI is InChI=1S/C19H34N4O4/c1-10(2)17(4,5)13(15(25)26)22-14(24)12(21)19(8,9)23-16(27)18(6,7)11(3)20/h12-13H,1,3,20-21H2,2,4-9H3,(H,22,24)(H,23,27)(H,25,26)/t12?,13-/m0/s1. The van der Waals surface area contributed by atoms with Crippen LogP contribution in [0.3, 0.4) is 0 Å². The second kappa shape index (κ2) is 8.12. The number of amides is 2. The SMILES string of the molecule is C=C(N)C(C)(C)C(=O)NC(C)(C)C(N)C(=O)N[C@@H](C(=O)O)C(C)(C)C(=C)C. The van der Waals surface area contributed by atoms with Crippen molar-refractivity contribution in [2.75, 3.05) is 0 Å². The fourth-order valence-electron chi connectivity index (χ4n) is 2.03. The topological polar surface area (TPSA) is 148 Å². The summed E-state index contributed by atoms with van der Waals surface area (Å²) < 4.78 is 0. The fraction of sp³-hybridized carbons (Fsp3) is 0.632. The minimum atomic E-state index is -1.22. The molecular formula is C19H34N4O4. The minimum Gasteiger partial charge on any atom is -0.480 e. The number of carbonyl (C=O) groups excluding carboxylic acids is 2. The van der Waals surface area contributed by atoms with Gasteiger partial charge in [-0.3, -0.25) is 9.59 Å². The minimum absolute atomic E-state index is 0.169. The Morgan fingerprint density at radius 1 is 1.04 bits per heavy atom. The number of carbonyl (C=O) groups is 3. The molecule has 0 aliphatic carbocycles. The summed E-state index contributed by atoms with van der Waals surface area (Å²) >= 11 is 0. The predicted octanol–water partition coefficient (Wildman–Crippen LogP) is 0.879. The maximum Gasteiger partial charge on any atom is 0.327 e. The van der Waals surface area contributed by atoms with E-state index in [0.717, 1.165) is 0 Å². The Hall–Kier alpha value is -2.35. The highest BCUT2D eigenvalue weighted by Gasteiger charge is 2.42. The molecule has 27 heavy (non-hydrogen) atoms. The average molecular weight is 383 g/mol. The molecule has 8 nitrogen and oxygen atoms in total. The Labute approximate surface area is 161 Å². The molecule has 2 atom stereocenters. The van der Waals surface area contributed by atoms with Gasteiger partial charge in [0, 0.05) is 11.1 Å². The van der Waals surface area contributed by atoms with Crippen molar-refractivity contribution in [2.24, 2.45) is 22.3 Å². The first-order valence-electron chi connectivity index (χ1n) is 8.61. The van der Waals surface area contributed by atoms with E-state index in [1.165, 1.54) is 0 Å². The summed E-state index contributed by atoms with van der Waals surface area (Å²) in [5.41, 5.74) is 9.35. The summed E-state index contributed by atoms with van der Waals surface area (Å²) in [6.45, 7) is 18.8. The van der Waals surface area contributed by atoms with Gasteiger partial charge in [-0.2, -0.15) is 0 Å². The predicted molar refractivity (Wildman–Crippen MR) is 105 cm³/mol. The second-order valence-electron chi connectivity index (χ2n) is 8.59. The molecule has 0 rings (SSSR count). The van der Waals surface area contributed by atoms with Crippen molar-refractivity contribution in [3.8, 4) is 0 Å². The van der Waals surface area contributed by atoms with Gasteiger partial charge in [0.25, 0.3) is 0 Å². The Bertz CT molecular complexity index is 650. The molecule has 0 radical (unpaired) electrons. The van der Waals surface area contributed by atoms with Crippen LogP contribution in [0.5, 0.6) is 0 Å². The van der Waals surface area contributed by atoms with E-state index in [2.05, 4.69) is 23.8 Å². The molecule has 0 saturated heterocycles. The molecule has 1 unspecified atom stereocenters. The fourth-order valence-corrected chi connectivity index (χ4v) is 2.03. The highest BCUT2D eigenvalue weighted by molar-refractivity contribution is 5.90. The third-order valence-electron chi connectivity index (χ3n) is 5.22. The first kappa shape index (κ1) is 24.7. The Morgan fingerprint density at radius 2 is 1.48 bits per heavy atom. The normalized spacial score (nSPS) is 14.7. The summed E-state index contributed by atoms with van der Waals surface area (Å²) in [5.74, 6) is -2.35. The zero-order chi connectivity index (χ0) is 22.0. The molecule has 8 heteroatoms. The smallest absolute Gasteiger partial charge is 0.327 e. The third kappa shape index (κ3) is 5.56. The van der Waals surface area contributed by atoms with E-state index in [1.807, 2.05) is 0 Å². The highest BCUT2D eigenvalue weighted by Crippen LogP contribution is 2.29. The lowest BCUT2D eigenvalue weighted by molar-refractivity contribution is -0.145. The first-order chi connectivity index (χ1) is 11.9. The van der Waals surface area contributed by atoms with E-state index in [-0.39, 0.29) is 5.70 Å². The van der Waals surface area contributed by atoms with Gasteiger partial charge >= 0.3 is 5.97 Å². The first-order valence-corrected chi connectivity index (χ1v) is 8.61. The molecule has 0 heterocycles. The molecule has 0 aromatic heterocycles. The van der Waals surface area contributed by atoms with Crippen LogP contribution in [0, 0.1) is 10.8 Å².